The van der Waals surface area contributed by atoms with Crippen molar-refractivity contribution in [3.63, 3.8) is 0 Å². The average molecular weight is 316 g/mol. The summed E-state index contributed by atoms with van der Waals surface area (Å²) in [5, 5.41) is 21.1. The van der Waals surface area contributed by atoms with Crippen molar-refractivity contribution in [2.24, 2.45) is 0 Å². The first-order valence-corrected chi connectivity index (χ1v) is 7.32. The second kappa shape index (κ2) is 5.30. The molecule has 0 bridgehead atoms. The topological polar surface area (TPSA) is 97.4 Å². The molecule has 0 unspecified atom stereocenters. The Morgan fingerprint density at radius 3 is 2.73 bits per heavy atom. The molecular weight excluding hydrogens is 304 g/mol. The lowest BCUT2D eigenvalue weighted by molar-refractivity contribution is -0.136. The van der Waals surface area contributed by atoms with Gasteiger partial charge in [0.25, 0.3) is 0 Å². The zero-order valence-electron chi connectivity index (χ0n) is 11.9. The number of benzene rings is 1. The molecule has 2 aromatic heterocycles. The Morgan fingerprint density at radius 1 is 1.27 bits per heavy atom. The number of hydrogen-bond donors (Lipinski definition) is 1. The largest absolute Gasteiger partial charge is 0.481 e. The van der Waals surface area contributed by atoms with Crippen LogP contribution in [-0.4, -0.2) is 30.9 Å². The van der Waals surface area contributed by atoms with Crippen molar-refractivity contribution in [1.82, 2.24) is 19.8 Å². The molecule has 0 spiro atoms. The van der Waals surface area contributed by atoms with Crippen LogP contribution in [-0.2, 0) is 11.2 Å². The van der Waals surface area contributed by atoms with E-state index in [2.05, 4.69) is 15.3 Å². The van der Waals surface area contributed by atoms with Crippen LogP contribution in [0.4, 0.5) is 0 Å². The van der Waals surface area contributed by atoms with E-state index >= 15 is 0 Å². The van der Waals surface area contributed by atoms with Crippen LogP contribution in [0.15, 0.2) is 23.0 Å². The fraction of sp³-hybridized carbons (Fsp3) is 0.214. The Hall–Kier alpha value is -2.61. The smallest absolute Gasteiger partial charge is 0.310 e. The lowest BCUT2D eigenvalue weighted by Gasteiger charge is -2.03. The summed E-state index contributed by atoms with van der Waals surface area (Å²) in [6, 6.07) is 5.60. The van der Waals surface area contributed by atoms with Gasteiger partial charge in [0.15, 0.2) is 5.69 Å². The number of aryl methyl sites for hydroxylation is 2. The monoisotopic (exact) mass is 316 g/mol. The van der Waals surface area contributed by atoms with Gasteiger partial charge in [-0.1, -0.05) is 23.5 Å². The molecule has 112 valence electrons. The van der Waals surface area contributed by atoms with Gasteiger partial charge >= 0.3 is 11.5 Å². The van der Waals surface area contributed by atoms with Crippen LogP contribution in [0.2, 0.25) is 0 Å². The molecule has 0 amide bonds. The minimum atomic E-state index is -1.01. The molecule has 7 nitrogen and oxygen atoms in total. The quantitative estimate of drug-likeness (QED) is 0.785. The summed E-state index contributed by atoms with van der Waals surface area (Å²) in [6.45, 7) is 3.94. The van der Waals surface area contributed by atoms with Crippen LogP contribution < -0.4 is 5.56 Å². The summed E-state index contributed by atoms with van der Waals surface area (Å²) < 4.78 is 1.11. The Bertz CT molecular complexity index is 945. The van der Waals surface area contributed by atoms with E-state index in [4.69, 9.17) is 5.11 Å². The maximum Gasteiger partial charge on any atom is 0.310 e. The second-order valence-corrected chi connectivity index (χ2v) is 5.95. The number of hydrogen-bond acceptors (Lipinski definition) is 6. The van der Waals surface area contributed by atoms with Gasteiger partial charge in [-0.2, -0.15) is 9.61 Å². The van der Waals surface area contributed by atoms with Gasteiger partial charge in [-0.15, -0.1) is 10.2 Å². The predicted octanol–water partition coefficient (Wildman–Crippen LogP) is 1.46. The lowest BCUT2D eigenvalue weighted by atomic mass is 10.0. The molecule has 0 saturated carbocycles. The molecule has 0 aliphatic rings. The first kappa shape index (κ1) is 14.3. The summed E-state index contributed by atoms with van der Waals surface area (Å²) in [6.07, 6.45) is -0.244. The second-order valence-electron chi connectivity index (χ2n) is 4.91. The van der Waals surface area contributed by atoms with Gasteiger partial charge in [-0.25, -0.2) is 0 Å². The highest BCUT2D eigenvalue weighted by Crippen LogP contribution is 2.18. The molecule has 0 radical (unpaired) electrons. The number of rotatable bonds is 3. The summed E-state index contributed by atoms with van der Waals surface area (Å²) in [4.78, 5) is 23.5. The number of aromatic nitrogens is 4. The Labute approximate surface area is 128 Å². The standard InChI is InChI=1S/C14H12N4O3S/c1-7-3-4-9(5-8(7)2)12-13(21)18-14(16-15-12)22-10(17-18)6-11(19)20/h3-5H,6H2,1-2H3,(H,19,20). The molecular formula is C14H12N4O3S. The molecule has 1 aromatic carbocycles. The van der Waals surface area contributed by atoms with E-state index in [-0.39, 0.29) is 17.1 Å². The molecule has 3 aromatic rings. The van der Waals surface area contributed by atoms with Crippen molar-refractivity contribution in [3.05, 3.63) is 44.7 Å². The molecule has 22 heavy (non-hydrogen) atoms. The summed E-state index contributed by atoms with van der Waals surface area (Å²) in [5.41, 5.74) is 2.64. The first-order valence-electron chi connectivity index (χ1n) is 6.50. The van der Waals surface area contributed by atoms with Crippen molar-refractivity contribution in [2.75, 3.05) is 0 Å². The molecule has 8 heteroatoms. The molecule has 0 fully saturated rings. The zero-order valence-corrected chi connectivity index (χ0v) is 12.7. The Balaban J connectivity index is 2.15. The van der Waals surface area contributed by atoms with Gasteiger partial charge in [0, 0.05) is 5.56 Å². The van der Waals surface area contributed by atoms with E-state index in [1.807, 2.05) is 32.0 Å². The summed E-state index contributed by atoms with van der Waals surface area (Å²) in [5.74, 6) is -1.01. The average Bonchev–Trinajstić information content (AvgIpc) is 2.85. The van der Waals surface area contributed by atoms with Gasteiger partial charge in [-0.3, -0.25) is 9.59 Å². The van der Waals surface area contributed by atoms with E-state index in [0.29, 0.717) is 10.6 Å². The lowest BCUT2D eigenvalue weighted by Crippen LogP contribution is -2.19. The molecule has 3 rings (SSSR count). The van der Waals surface area contributed by atoms with E-state index in [1.165, 1.54) is 0 Å². The number of carboxylic acid groups (broad SMARTS) is 1. The van der Waals surface area contributed by atoms with Gasteiger partial charge < -0.3 is 5.11 Å². The van der Waals surface area contributed by atoms with Crippen LogP contribution in [0.3, 0.4) is 0 Å². The molecule has 1 N–H and O–H groups in total. The molecule has 0 atom stereocenters. The Kier molecular flexibility index (Phi) is 3.45. The highest BCUT2D eigenvalue weighted by molar-refractivity contribution is 7.16. The third-order valence-electron chi connectivity index (χ3n) is 3.32. The van der Waals surface area contributed by atoms with Gasteiger partial charge in [-0.05, 0) is 31.0 Å². The predicted molar refractivity (Wildman–Crippen MR) is 81.2 cm³/mol. The fourth-order valence-corrected chi connectivity index (χ4v) is 2.85. The van der Waals surface area contributed by atoms with Crippen LogP contribution in [0, 0.1) is 13.8 Å². The van der Waals surface area contributed by atoms with Crippen molar-refractivity contribution in [3.8, 4) is 11.3 Å². The molecule has 0 aliphatic heterocycles. The van der Waals surface area contributed by atoms with Crippen LogP contribution in [0.1, 0.15) is 16.1 Å². The van der Waals surface area contributed by atoms with Gasteiger partial charge in [0.2, 0.25) is 4.96 Å². The fourth-order valence-electron chi connectivity index (χ4n) is 2.02. The minimum Gasteiger partial charge on any atom is -0.481 e. The highest BCUT2D eigenvalue weighted by Gasteiger charge is 2.15. The number of aliphatic carboxylic acids is 1. The maximum absolute atomic E-state index is 12.5. The van der Waals surface area contributed by atoms with E-state index in [0.717, 1.165) is 27.0 Å². The van der Waals surface area contributed by atoms with E-state index in [9.17, 15) is 9.59 Å². The number of fused-ring (bicyclic) bond motifs is 1. The normalized spacial score (nSPS) is 11.0. The maximum atomic E-state index is 12.5. The van der Waals surface area contributed by atoms with Crippen LogP contribution in [0.25, 0.3) is 16.2 Å². The number of carbonyl (C=O) groups is 1. The molecule has 2 heterocycles. The molecule has 0 aliphatic carbocycles. The van der Waals surface area contributed by atoms with Crippen molar-refractivity contribution >= 4 is 22.3 Å². The minimum absolute atomic E-state index is 0.202. The van der Waals surface area contributed by atoms with Gasteiger partial charge in [0.05, 0.1) is 6.42 Å². The van der Waals surface area contributed by atoms with Crippen molar-refractivity contribution in [1.29, 1.82) is 0 Å². The number of nitrogens with zero attached hydrogens (tertiary/aromatic N) is 4. The molecule has 0 saturated heterocycles. The third kappa shape index (κ3) is 2.48. The van der Waals surface area contributed by atoms with Crippen molar-refractivity contribution < 1.29 is 9.90 Å². The van der Waals surface area contributed by atoms with E-state index in [1.54, 1.807) is 0 Å². The first-order chi connectivity index (χ1) is 10.5. The van der Waals surface area contributed by atoms with E-state index < -0.39 is 11.5 Å². The van der Waals surface area contributed by atoms with Crippen LogP contribution in [0.5, 0.6) is 0 Å². The summed E-state index contributed by atoms with van der Waals surface area (Å²) >= 11 is 1.05. The SMILES string of the molecule is Cc1ccc(-c2nnc3sc(CC(=O)O)nn3c2=O)cc1C. The highest BCUT2D eigenvalue weighted by atomic mass is 32.1. The van der Waals surface area contributed by atoms with Crippen molar-refractivity contribution in [2.45, 2.75) is 20.3 Å². The van der Waals surface area contributed by atoms with Crippen LogP contribution >= 0.6 is 11.3 Å². The number of carboxylic acids is 1. The Morgan fingerprint density at radius 2 is 2.05 bits per heavy atom. The zero-order chi connectivity index (χ0) is 15.9. The summed E-state index contributed by atoms with van der Waals surface area (Å²) in [7, 11) is 0. The van der Waals surface area contributed by atoms with Gasteiger partial charge in [0.1, 0.15) is 5.01 Å². The third-order valence-corrected chi connectivity index (χ3v) is 4.21.